The Labute approximate surface area is 87.0 Å². The highest BCUT2D eigenvalue weighted by Gasteiger charge is 2.24. The van der Waals surface area contributed by atoms with E-state index in [4.69, 9.17) is 0 Å². The van der Waals surface area contributed by atoms with Crippen LogP contribution in [0.25, 0.3) is 0 Å². The van der Waals surface area contributed by atoms with Crippen molar-refractivity contribution in [1.29, 1.82) is 0 Å². The third kappa shape index (κ3) is 2.91. The molecule has 0 saturated carbocycles. The molecule has 0 unspecified atom stereocenters. The van der Waals surface area contributed by atoms with Gasteiger partial charge in [-0.2, -0.15) is 0 Å². The molecule has 1 aliphatic rings. The second kappa shape index (κ2) is 4.69. The lowest BCUT2D eigenvalue weighted by Crippen LogP contribution is -2.41. The molecule has 14 heavy (non-hydrogen) atoms. The highest BCUT2D eigenvalue weighted by Crippen LogP contribution is 2.16. The van der Waals surface area contributed by atoms with E-state index >= 15 is 0 Å². The Hall–Kier alpha value is -0.700. The molecule has 0 bridgehead atoms. The summed E-state index contributed by atoms with van der Waals surface area (Å²) in [5, 5.41) is 9.94. The van der Waals surface area contributed by atoms with Crippen molar-refractivity contribution in [3.05, 3.63) is 12.4 Å². The van der Waals surface area contributed by atoms with Crippen LogP contribution in [0, 0.1) is 11.8 Å². The normalized spacial score (nSPS) is 17.9. The van der Waals surface area contributed by atoms with Crippen molar-refractivity contribution in [2.24, 2.45) is 11.8 Å². The van der Waals surface area contributed by atoms with Crippen LogP contribution in [0.3, 0.4) is 0 Å². The predicted molar refractivity (Wildman–Crippen MR) is 58.2 cm³/mol. The van der Waals surface area contributed by atoms with Gasteiger partial charge in [0.2, 0.25) is 6.35 Å². The summed E-state index contributed by atoms with van der Waals surface area (Å²) in [5.41, 5.74) is 0. The topological polar surface area (TPSA) is 26.7 Å². The number of hydrogen-bond acceptors (Lipinski definition) is 3. The van der Waals surface area contributed by atoms with Crippen molar-refractivity contribution in [2.45, 2.75) is 34.0 Å². The van der Waals surface area contributed by atoms with E-state index in [1.165, 1.54) is 0 Å². The van der Waals surface area contributed by atoms with Crippen LogP contribution in [0.4, 0.5) is 0 Å². The van der Waals surface area contributed by atoms with Crippen LogP contribution in [0.1, 0.15) is 27.7 Å². The van der Waals surface area contributed by atoms with Crippen LogP contribution in [-0.4, -0.2) is 34.3 Å². The van der Waals surface area contributed by atoms with Crippen molar-refractivity contribution in [3.8, 4) is 0 Å². The van der Waals surface area contributed by atoms with E-state index in [9.17, 15) is 5.11 Å². The molecule has 0 spiro atoms. The van der Waals surface area contributed by atoms with Crippen molar-refractivity contribution in [2.75, 3.05) is 13.1 Å². The van der Waals surface area contributed by atoms with Gasteiger partial charge in [0.15, 0.2) is 0 Å². The molecule has 0 fully saturated rings. The second-order valence-corrected chi connectivity index (χ2v) is 4.83. The van der Waals surface area contributed by atoms with Gasteiger partial charge in [-0.3, -0.25) is 0 Å². The SMILES string of the molecule is CC(C)CN1C=CN(CC(C)C)C1O. The molecule has 0 aromatic carbocycles. The first-order valence-electron chi connectivity index (χ1n) is 5.38. The molecule has 3 heteroatoms. The Kier molecular flexibility index (Phi) is 3.81. The smallest absolute Gasteiger partial charge is 0.207 e. The quantitative estimate of drug-likeness (QED) is 0.744. The molecular formula is C11H22N2O. The average molecular weight is 198 g/mol. The van der Waals surface area contributed by atoms with Crippen LogP contribution in [0.5, 0.6) is 0 Å². The van der Waals surface area contributed by atoms with Gasteiger partial charge in [0.05, 0.1) is 0 Å². The molecule has 1 N–H and O–H groups in total. The first-order chi connectivity index (χ1) is 6.50. The monoisotopic (exact) mass is 198 g/mol. The number of rotatable bonds is 4. The molecule has 1 rings (SSSR count). The van der Waals surface area contributed by atoms with Gasteiger partial charge >= 0.3 is 0 Å². The molecule has 0 aromatic rings. The van der Waals surface area contributed by atoms with Crippen LogP contribution < -0.4 is 0 Å². The second-order valence-electron chi connectivity index (χ2n) is 4.83. The number of hydrogen-bond donors (Lipinski definition) is 1. The molecule has 1 aliphatic heterocycles. The molecule has 0 atom stereocenters. The van der Waals surface area contributed by atoms with Gasteiger partial charge in [-0.15, -0.1) is 0 Å². The van der Waals surface area contributed by atoms with E-state index in [0.717, 1.165) is 13.1 Å². The third-order valence-electron chi connectivity index (χ3n) is 2.19. The van der Waals surface area contributed by atoms with Crippen molar-refractivity contribution < 1.29 is 5.11 Å². The summed E-state index contributed by atoms with van der Waals surface area (Å²) in [5.74, 6) is 1.15. The Morgan fingerprint density at radius 2 is 1.36 bits per heavy atom. The van der Waals surface area contributed by atoms with E-state index in [2.05, 4.69) is 27.7 Å². The predicted octanol–water partition coefficient (Wildman–Crippen LogP) is 1.66. The van der Waals surface area contributed by atoms with Crippen molar-refractivity contribution in [1.82, 2.24) is 9.80 Å². The molecule has 1 heterocycles. The molecular weight excluding hydrogens is 176 g/mol. The third-order valence-corrected chi connectivity index (χ3v) is 2.19. The van der Waals surface area contributed by atoms with Crippen LogP contribution >= 0.6 is 0 Å². The molecule has 3 nitrogen and oxygen atoms in total. The maximum Gasteiger partial charge on any atom is 0.207 e. The Bertz CT molecular complexity index is 181. The van der Waals surface area contributed by atoms with Crippen LogP contribution in [0.15, 0.2) is 12.4 Å². The van der Waals surface area contributed by atoms with Crippen molar-refractivity contribution in [3.63, 3.8) is 0 Å². The fourth-order valence-electron chi connectivity index (χ4n) is 1.67. The molecule has 0 aromatic heterocycles. The molecule has 0 aliphatic carbocycles. The fourth-order valence-corrected chi connectivity index (χ4v) is 1.67. The van der Waals surface area contributed by atoms with Crippen LogP contribution in [-0.2, 0) is 0 Å². The minimum absolute atomic E-state index is 0.459. The van der Waals surface area contributed by atoms with Gasteiger partial charge in [-0.1, -0.05) is 27.7 Å². The molecule has 0 radical (unpaired) electrons. The summed E-state index contributed by atoms with van der Waals surface area (Å²) in [6.07, 6.45) is 3.50. The van der Waals surface area contributed by atoms with Gasteiger partial charge in [0.1, 0.15) is 0 Å². The van der Waals surface area contributed by atoms with E-state index in [1.807, 2.05) is 22.2 Å². The van der Waals surface area contributed by atoms with Gasteiger partial charge in [0, 0.05) is 25.5 Å². The average Bonchev–Trinajstić information content (AvgIpc) is 2.34. The van der Waals surface area contributed by atoms with Gasteiger partial charge in [0.25, 0.3) is 0 Å². The lowest BCUT2D eigenvalue weighted by molar-refractivity contribution is -0.0551. The summed E-state index contributed by atoms with van der Waals surface area (Å²) in [4.78, 5) is 3.96. The van der Waals surface area contributed by atoms with Gasteiger partial charge < -0.3 is 14.9 Å². The van der Waals surface area contributed by atoms with Crippen LogP contribution in [0.2, 0.25) is 0 Å². The maximum absolute atomic E-state index is 9.94. The molecule has 0 saturated heterocycles. The number of nitrogens with zero attached hydrogens (tertiary/aromatic N) is 2. The molecule has 82 valence electrons. The highest BCUT2D eigenvalue weighted by molar-refractivity contribution is 4.93. The Morgan fingerprint density at radius 1 is 1.00 bits per heavy atom. The standard InChI is InChI=1S/C11H22N2O/c1-9(2)7-12-5-6-13(11(12)14)8-10(3)4/h5-6,9-11,14H,7-8H2,1-4H3. The van der Waals surface area contributed by atoms with Crippen molar-refractivity contribution >= 4 is 0 Å². The zero-order valence-corrected chi connectivity index (χ0v) is 9.64. The lowest BCUT2D eigenvalue weighted by atomic mass is 10.2. The largest absolute Gasteiger partial charge is 0.356 e. The minimum atomic E-state index is -0.459. The van der Waals surface area contributed by atoms with E-state index in [0.29, 0.717) is 11.8 Å². The zero-order valence-electron chi connectivity index (χ0n) is 9.64. The fraction of sp³-hybridized carbons (Fsp3) is 0.818. The minimum Gasteiger partial charge on any atom is -0.356 e. The maximum atomic E-state index is 9.94. The first-order valence-corrected chi connectivity index (χ1v) is 5.38. The summed E-state index contributed by atoms with van der Waals surface area (Å²) in [7, 11) is 0. The van der Waals surface area contributed by atoms with E-state index in [-0.39, 0.29) is 0 Å². The van der Waals surface area contributed by atoms with Gasteiger partial charge in [-0.05, 0) is 11.8 Å². The summed E-state index contributed by atoms with van der Waals surface area (Å²) < 4.78 is 0. The lowest BCUT2D eigenvalue weighted by Gasteiger charge is -2.30. The molecule has 0 amide bonds. The summed E-state index contributed by atoms with van der Waals surface area (Å²) in [6, 6.07) is 0. The Morgan fingerprint density at radius 3 is 1.64 bits per heavy atom. The Balaban J connectivity index is 2.44. The summed E-state index contributed by atoms with van der Waals surface area (Å²) in [6.45, 7) is 10.5. The van der Waals surface area contributed by atoms with Gasteiger partial charge in [-0.25, -0.2) is 0 Å². The van der Waals surface area contributed by atoms with E-state index in [1.54, 1.807) is 0 Å². The highest BCUT2D eigenvalue weighted by atomic mass is 16.3. The van der Waals surface area contributed by atoms with E-state index < -0.39 is 6.35 Å². The first kappa shape index (κ1) is 11.4. The summed E-state index contributed by atoms with van der Waals surface area (Å²) >= 11 is 0. The zero-order chi connectivity index (χ0) is 10.7. The number of aliphatic hydroxyl groups is 1. The number of aliphatic hydroxyl groups excluding tert-OH is 1.